The maximum Gasteiger partial charge on any atom is 0.311 e. The van der Waals surface area contributed by atoms with E-state index in [-0.39, 0.29) is 12.5 Å². The number of carbonyl (C=O) groups is 5. The van der Waals surface area contributed by atoms with Crippen LogP contribution in [0.3, 0.4) is 0 Å². The first kappa shape index (κ1) is 25.6. The summed E-state index contributed by atoms with van der Waals surface area (Å²) in [5.74, 6) is -3.75. The van der Waals surface area contributed by atoms with E-state index in [0.717, 1.165) is 40.0 Å². The van der Waals surface area contributed by atoms with Crippen LogP contribution in [-0.4, -0.2) is 67.2 Å². The van der Waals surface area contributed by atoms with Gasteiger partial charge in [-0.05, 0) is 12.8 Å². The summed E-state index contributed by atoms with van der Waals surface area (Å²) in [6, 6.07) is 0. The molecule has 0 aromatic heterocycles. The third-order valence-electron chi connectivity index (χ3n) is 5.12. The monoisotopic (exact) mass is 458 g/mol. The van der Waals surface area contributed by atoms with Crippen molar-refractivity contribution < 1.29 is 52.4 Å². The van der Waals surface area contributed by atoms with Gasteiger partial charge in [-0.3, -0.25) is 24.0 Å². The highest BCUT2D eigenvalue weighted by Gasteiger charge is 2.54. The molecule has 2 rings (SSSR count). The Labute approximate surface area is 186 Å². The van der Waals surface area contributed by atoms with Crippen LogP contribution in [0.4, 0.5) is 0 Å². The first-order valence-electron chi connectivity index (χ1n) is 10.6. The van der Waals surface area contributed by atoms with Crippen LogP contribution in [0.1, 0.15) is 59.8 Å². The normalized spacial score (nSPS) is 28.2. The van der Waals surface area contributed by atoms with Gasteiger partial charge in [-0.1, -0.05) is 19.3 Å². The van der Waals surface area contributed by atoms with E-state index in [9.17, 15) is 24.0 Å². The Morgan fingerprint density at radius 3 is 1.75 bits per heavy atom. The molecule has 0 aromatic rings. The lowest BCUT2D eigenvalue weighted by Crippen LogP contribution is -2.63. The molecule has 1 saturated heterocycles. The van der Waals surface area contributed by atoms with Gasteiger partial charge in [-0.15, -0.1) is 0 Å². The Kier molecular flexibility index (Phi) is 9.42. The van der Waals surface area contributed by atoms with Gasteiger partial charge in [0, 0.05) is 27.7 Å². The van der Waals surface area contributed by atoms with Crippen LogP contribution in [0.5, 0.6) is 0 Å². The van der Waals surface area contributed by atoms with Gasteiger partial charge in [0.25, 0.3) is 0 Å². The zero-order valence-corrected chi connectivity index (χ0v) is 18.7. The van der Waals surface area contributed by atoms with E-state index < -0.39 is 60.6 Å². The predicted molar refractivity (Wildman–Crippen MR) is 105 cm³/mol. The van der Waals surface area contributed by atoms with Crippen LogP contribution in [0, 0.1) is 5.92 Å². The molecule has 1 unspecified atom stereocenters. The Morgan fingerprint density at radius 2 is 1.22 bits per heavy atom. The van der Waals surface area contributed by atoms with Crippen molar-refractivity contribution in [1.29, 1.82) is 0 Å². The highest BCUT2D eigenvalue weighted by Crippen LogP contribution is 2.32. The fraction of sp³-hybridized carbons (Fsp3) is 0.762. The first-order valence-corrected chi connectivity index (χ1v) is 10.6. The minimum atomic E-state index is -1.47. The average Bonchev–Trinajstić information content (AvgIpc) is 2.70. The van der Waals surface area contributed by atoms with Crippen molar-refractivity contribution in [2.75, 3.05) is 6.61 Å². The van der Waals surface area contributed by atoms with Gasteiger partial charge in [-0.25, -0.2) is 0 Å². The third-order valence-corrected chi connectivity index (χ3v) is 5.12. The molecule has 11 heteroatoms. The van der Waals surface area contributed by atoms with Gasteiger partial charge >= 0.3 is 29.8 Å². The number of carbonyl (C=O) groups excluding carboxylic acids is 5. The zero-order valence-electron chi connectivity index (χ0n) is 18.7. The van der Waals surface area contributed by atoms with Gasteiger partial charge in [0.2, 0.25) is 12.4 Å². The Morgan fingerprint density at radius 1 is 0.688 bits per heavy atom. The lowest BCUT2D eigenvalue weighted by molar-refractivity contribution is -0.301. The summed E-state index contributed by atoms with van der Waals surface area (Å²) in [6.07, 6.45) is -2.55. The lowest BCUT2D eigenvalue weighted by Gasteiger charge is -2.43. The maximum absolute atomic E-state index is 12.7. The molecule has 5 atom stereocenters. The fourth-order valence-electron chi connectivity index (χ4n) is 3.83. The molecule has 1 saturated carbocycles. The molecule has 2 fully saturated rings. The minimum absolute atomic E-state index is 0.337. The number of rotatable bonds is 7. The molecule has 180 valence electrons. The van der Waals surface area contributed by atoms with Crippen molar-refractivity contribution in [3.8, 4) is 0 Å². The number of esters is 5. The van der Waals surface area contributed by atoms with Gasteiger partial charge in [0.1, 0.15) is 12.7 Å². The van der Waals surface area contributed by atoms with Gasteiger partial charge in [-0.2, -0.15) is 0 Å². The third kappa shape index (κ3) is 7.47. The van der Waals surface area contributed by atoms with Crippen molar-refractivity contribution >= 4 is 29.8 Å². The molecule has 1 aliphatic heterocycles. The Bertz CT molecular complexity index is 713. The number of ether oxygens (including phenoxy) is 6. The van der Waals surface area contributed by atoms with E-state index in [4.69, 9.17) is 28.4 Å². The number of hydrogen-bond donors (Lipinski definition) is 0. The summed E-state index contributed by atoms with van der Waals surface area (Å²) in [5, 5.41) is 0. The molecular formula is C21H30O11. The predicted octanol–water partition coefficient (Wildman–Crippen LogP) is 1.19. The minimum Gasteiger partial charge on any atom is -0.463 e. The largest absolute Gasteiger partial charge is 0.463 e. The average molecular weight is 458 g/mol. The quantitative estimate of drug-likeness (QED) is 0.401. The van der Waals surface area contributed by atoms with Crippen LogP contribution in [0.2, 0.25) is 0 Å². The van der Waals surface area contributed by atoms with E-state index in [0.29, 0.717) is 12.8 Å². The second-order valence-electron chi connectivity index (χ2n) is 7.84. The smallest absolute Gasteiger partial charge is 0.311 e. The maximum atomic E-state index is 12.7. The fourth-order valence-corrected chi connectivity index (χ4v) is 3.83. The second-order valence-corrected chi connectivity index (χ2v) is 7.84. The van der Waals surface area contributed by atoms with E-state index in [2.05, 4.69) is 0 Å². The van der Waals surface area contributed by atoms with Crippen molar-refractivity contribution in [1.82, 2.24) is 0 Å². The standard InChI is InChI=1S/C21H30O11/c1-11(22)27-10-16-17(28-12(2)23)18(29-13(3)24)19(30-14(4)25)21(31-16)32-20(26)15-8-6-5-7-9-15/h15-19,21H,5-10H2,1-4H3/t16-,17-,18+,19+,21?/m1/s1. The summed E-state index contributed by atoms with van der Waals surface area (Å²) >= 11 is 0. The zero-order chi connectivity index (χ0) is 23.8. The summed E-state index contributed by atoms with van der Waals surface area (Å²) in [5.41, 5.74) is 0. The first-order chi connectivity index (χ1) is 15.1. The summed E-state index contributed by atoms with van der Waals surface area (Å²) in [4.78, 5) is 59.3. The molecular weight excluding hydrogens is 428 g/mol. The molecule has 11 nitrogen and oxygen atoms in total. The highest BCUT2D eigenvalue weighted by atomic mass is 16.7. The van der Waals surface area contributed by atoms with Crippen LogP contribution in [0.25, 0.3) is 0 Å². The Hall–Kier alpha value is -2.69. The van der Waals surface area contributed by atoms with E-state index in [1.807, 2.05) is 0 Å². The van der Waals surface area contributed by atoms with E-state index in [1.54, 1.807) is 0 Å². The molecule has 1 heterocycles. The molecule has 0 bridgehead atoms. The summed E-state index contributed by atoms with van der Waals surface area (Å²) < 4.78 is 32.1. The topological polar surface area (TPSA) is 141 Å². The molecule has 1 aliphatic carbocycles. The van der Waals surface area contributed by atoms with Crippen molar-refractivity contribution in [3.05, 3.63) is 0 Å². The van der Waals surface area contributed by atoms with Crippen molar-refractivity contribution in [2.45, 2.75) is 90.5 Å². The van der Waals surface area contributed by atoms with Crippen LogP contribution < -0.4 is 0 Å². The summed E-state index contributed by atoms with van der Waals surface area (Å²) in [6.45, 7) is 4.17. The molecule has 0 aromatic carbocycles. The Balaban J connectivity index is 2.35. The highest BCUT2D eigenvalue weighted by molar-refractivity contribution is 5.73. The lowest BCUT2D eigenvalue weighted by atomic mass is 9.89. The van der Waals surface area contributed by atoms with Gasteiger partial charge in [0.05, 0.1) is 5.92 Å². The van der Waals surface area contributed by atoms with E-state index in [1.165, 1.54) is 6.92 Å². The molecule has 2 aliphatic rings. The van der Waals surface area contributed by atoms with Crippen molar-refractivity contribution in [3.63, 3.8) is 0 Å². The molecule has 0 radical (unpaired) electrons. The molecule has 0 N–H and O–H groups in total. The van der Waals surface area contributed by atoms with Crippen LogP contribution >= 0.6 is 0 Å². The molecule has 0 amide bonds. The SMILES string of the molecule is CC(=O)OC[C@H]1OC(OC(=O)C2CCCCC2)[C@@H](OC(C)=O)[C@@H](OC(C)=O)[C@@H]1OC(C)=O. The van der Waals surface area contributed by atoms with Gasteiger partial charge in [0.15, 0.2) is 12.2 Å². The van der Waals surface area contributed by atoms with E-state index >= 15 is 0 Å². The summed E-state index contributed by atoms with van der Waals surface area (Å²) in [7, 11) is 0. The number of hydrogen-bond acceptors (Lipinski definition) is 11. The molecule has 0 spiro atoms. The van der Waals surface area contributed by atoms with Crippen LogP contribution in [-0.2, 0) is 52.4 Å². The van der Waals surface area contributed by atoms with Crippen molar-refractivity contribution in [2.24, 2.45) is 5.92 Å². The van der Waals surface area contributed by atoms with Gasteiger partial charge < -0.3 is 28.4 Å². The molecule has 32 heavy (non-hydrogen) atoms. The van der Waals surface area contributed by atoms with Crippen LogP contribution in [0.15, 0.2) is 0 Å². The second kappa shape index (κ2) is 11.8.